The molecule has 1 fully saturated rings. The predicted octanol–water partition coefficient (Wildman–Crippen LogP) is 2.22. The van der Waals surface area contributed by atoms with Crippen molar-refractivity contribution in [2.45, 2.75) is 18.0 Å². The Bertz CT molecular complexity index is 646. The van der Waals surface area contributed by atoms with E-state index >= 15 is 0 Å². The van der Waals surface area contributed by atoms with Gasteiger partial charge in [0.1, 0.15) is 0 Å². The van der Waals surface area contributed by atoms with Crippen LogP contribution in [0, 0.1) is 6.92 Å². The van der Waals surface area contributed by atoms with Crippen LogP contribution in [-0.2, 0) is 14.9 Å². The molecule has 0 bridgehead atoms. The van der Waals surface area contributed by atoms with E-state index in [0.717, 1.165) is 10.0 Å². The molecule has 0 amide bonds. The summed E-state index contributed by atoms with van der Waals surface area (Å²) < 4.78 is 30.2. The minimum Gasteiger partial charge on any atom is -0.472 e. The number of hydrogen-bond donors (Lipinski definition) is 0. The highest BCUT2D eigenvalue weighted by Gasteiger charge is 2.49. The molecule has 1 aliphatic rings. The zero-order chi connectivity index (χ0) is 12.8. The second-order valence-corrected chi connectivity index (χ2v) is 5.87. The summed E-state index contributed by atoms with van der Waals surface area (Å²) in [7, 11) is -3.59. The van der Waals surface area contributed by atoms with Crippen LogP contribution >= 0.6 is 0 Å². The maximum atomic E-state index is 12.2. The van der Waals surface area contributed by atoms with Crippen molar-refractivity contribution in [1.29, 1.82) is 0 Å². The molecular formula is C12H11NO4S. The first-order valence-electron chi connectivity index (χ1n) is 5.39. The summed E-state index contributed by atoms with van der Waals surface area (Å²) in [5.41, 5.74) is 1.69. The average molecular weight is 265 g/mol. The maximum Gasteiger partial charge on any atom is 0.267 e. The van der Waals surface area contributed by atoms with Gasteiger partial charge in [-0.05, 0) is 29.6 Å². The normalized spacial score (nSPS) is 22.9. The Balaban J connectivity index is 1.87. The molecule has 6 heteroatoms. The number of benzene rings is 1. The first-order valence-corrected chi connectivity index (χ1v) is 6.83. The zero-order valence-electron chi connectivity index (χ0n) is 9.61. The lowest BCUT2D eigenvalue weighted by Crippen LogP contribution is -2.12. The highest BCUT2D eigenvalue weighted by molar-refractivity contribution is 7.89. The molecule has 0 spiro atoms. The average Bonchev–Trinajstić information content (AvgIpc) is 2.98. The van der Waals surface area contributed by atoms with E-state index in [2.05, 4.69) is 0 Å². The number of furan rings is 1. The molecule has 3 rings (SSSR count). The number of aryl methyl sites for hydroxylation is 1. The summed E-state index contributed by atoms with van der Waals surface area (Å²) in [6.45, 7) is 1.90. The zero-order valence-corrected chi connectivity index (χ0v) is 10.4. The van der Waals surface area contributed by atoms with E-state index < -0.39 is 16.3 Å². The van der Waals surface area contributed by atoms with Crippen molar-refractivity contribution in [3.8, 4) is 0 Å². The Hall–Kier alpha value is -1.63. The lowest BCUT2D eigenvalue weighted by Gasteiger charge is -2.02. The molecule has 1 aromatic carbocycles. The number of nitrogens with zero attached hydrogens (tertiary/aromatic N) is 1. The predicted molar refractivity (Wildman–Crippen MR) is 62.7 cm³/mol. The molecular weight excluding hydrogens is 254 g/mol. The van der Waals surface area contributed by atoms with Crippen LogP contribution < -0.4 is 0 Å². The van der Waals surface area contributed by atoms with Crippen molar-refractivity contribution >= 4 is 10.0 Å². The van der Waals surface area contributed by atoms with Gasteiger partial charge in [-0.1, -0.05) is 17.7 Å². The van der Waals surface area contributed by atoms with Crippen LogP contribution in [0.3, 0.4) is 0 Å². The van der Waals surface area contributed by atoms with E-state index in [-0.39, 0.29) is 4.90 Å². The first kappa shape index (κ1) is 11.5. The van der Waals surface area contributed by atoms with E-state index in [4.69, 9.17) is 9.25 Å². The van der Waals surface area contributed by atoms with Gasteiger partial charge in [-0.2, -0.15) is 0 Å². The van der Waals surface area contributed by atoms with Gasteiger partial charge in [0.2, 0.25) is 6.23 Å². The Kier molecular flexibility index (Phi) is 2.51. The van der Waals surface area contributed by atoms with Crippen LogP contribution in [0.25, 0.3) is 0 Å². The van der Waals surface area contributed by atoms with Crippen LogP contribution in [0.2, 0.25) is 0 Å². The molecule has 0 radical (unpaired) electrons. The number of hydroxylamine groups is 1. The second kappa shape index (κ2) is 3.94. The molecule has 1 saturated heterocycles. The molecule has 2 heterocycles. The minimum atomic E-state index is -3.59. The summed E-state index contributed by atoms with van der Waals surface area (Å²) in [6, 6.07) is 8.32. The van der Waals surface area contributed by atoms with Gasteiger partial charge in [0.15, 0.2) is 0 Å². The van der Waals surface area contributed by atoms with E-state index in [9.17, 15) is 8.42 Å². The molecule has 1 aromatic heterocycles. The summed E-state index contributed by atoms with van der Waals surface area (Å²) in [6.07, 6.45) is 2.37. The van der Waals surface area contributed by atoms with Crippen molar-refractivity contribution in [1.82, 2.24) is 4.47 Å². The lowest BCUT2D eigenvalue weighted by molar-refractivity contribution is 0.283. The third kappa shape index (κ3) is 1.84. The van der Waals surface area contributed by atoms with Crippen molar-refractivity contribution in [3.63, 3.8) is 0 Å². The smallest absolute Gasteiger partial charge is 0.267 e. The maximum absolute atomic E-state index is 12.2. The standard InChI is InChI=1S/C12H11NO4S/c1-9-2-4-11(5-3-9)18(14,15)13-12(17-13)10-6-7-16-8-10/h2-8,12H,1H3/t12-,13?/m1/s1. The Morgan fingerprint density at radius 2 is 1.89 bits per heavy atom. The monoisotopic (exact) mass is 265 g/mol. The van der Waals surface area contributed by atoms with Crippen LogP contribution in [-0.4, -0.2) is 12.9 Å². The Morgan fingerprint density at radius 1 is 1.17 bits per heavy atom. The van der Waals surface area contributed by atoms with Crippen molar-refractivity contribution in [2.24, 2.45) is 0 Å². The number of rotatable bonds is 3. The SMILES string of the molecule is Cc1ccc(S(=O)(=O)N2O[C@@H]2c2ccoc2)cc1. The van der Waals surface area contributed by atoms with Gasteiger partial charge in [-0.15, -0.1) is 0 Å². The van der Waals surface area contributed by atoms with Crippen LogP contribution in [0.15, 0.2) is 52.2 Å². The molecule has 0 saturated carbocycles. The van der Waals surface area contributed by atoms with E-state index in [1.165, 1.54) is 12.5 Å². The molecule has 5 nitrogen and oxygen atoms in total. The largest absolute Gasteiger partial charge is 0.472 e. The molecule has 0 aliphatic carbocycles. The van der Waals surface area contributed by atoms with Crippen molar-refractivity contribution < 1.29 is 17.7 Å². The third-order valence-corrected chi connectivity index (χ3v) is 4.35. The molecule has 0 N–H and O–H groups in total. The Morgan fingerprint density at radius 3 is 2.50 bits per heavy atom. The van der Waals surface area contributed by atoms with Gasteiger partial charge in [0.25, 0.3) is 10.0 Å². The van der Waals surface area contributed by atoms with Gasteiger partial charge >= 0.3 is 0 Å². The van der Waals surface area contributed by atoms with Gasteiger partial charge in [-0.3, -0.25) is 4.84 Å². The Labute approximate surface area is 105 Å². The summed E-state index contributed by atoms with van der Waals surface area (Å²) in [4.78, 5) is 5.32. The molecule has 94 valence electrons. The third-order valence-electron chi connectivity index (χ3n) is 2.73. The van der Waals surface area contributed by atoms with E-state index in [0.29, 0.717) is 5.56 Å². The fraction of sp³-hybridized carbons (Fsp3) is 0.167. The van der Waals surface area contributed by atoms with Crippen molar-refractivity contribution in [3.05, 3.63) is 54.0 Å². The topological polar surface area (TPSA) is 62.8 Å². The fourth-order valence-corrected chi connectivity index (χ4v) is 2.92. The van der Waals surface area contributed by atoms with Gasteiger partial charge < -0.3 is 4.42 Å². The molecule has 1 aliphatic heterocycles. The van der Waals surface area contributed by atoms with E-state index in [1.54, 1.807) is 30.3 Å². The van der Waals surface area contributed by atoms with Gasteiger partial charge in [0.05, 0.1) is 17.4 Å². The molecule has 2 aromatic rings. The second-order valence-electron chi connectivity index (χ2n) is 4.09. The highest BCUT2D eigenvalue weighted by Crippen LogP contribution is 2.42. The van der Waals surface area contributed by atoms with Crippen LogP contribution in [0.1, 0.15) is 17.4 Å². The number of hydrogen-bond acceptors (Lipinski definition) is 4. The molecule has 2 atom stereocenters. The van der Waals surface area contributed by atoms with Gasteiger partial charge in [-0.25, -0.2) is 8.42 Å². The lowest BCUT2D eigenvalue weighted by atomic mass is 10.2. The number of sulfonamides is 1. The summed E-state index contributed by atoms with van der Waals surface area (Å²) in [5, 5.41) is 0. The summed E-state index contributed by atoms with van der Waals surface area (Å²) >= 11 is 0. The van der Waals surface area contributed by atoms with Crippen LogP contribution in [0.5, 0.6) is 0 Å². The summed E-state index contributed by atoms with van der Waals surface area (Å²) in [5.74, 6) is 0. The van der Waals surface area contributed by atoms with Gasteiger partial charge in [0, 0.05) is 5.56 Å². The quantitative estimate of drug-likeness (QED) is 0.798. The fourth-order valence-electron chi connectivity index (χ4n) is 1.67. The highest BCUT2D eigenvalue weighted by atomic mass is 32.2. The van der Waals surface area contributed by atoms with E-state index in [1.807, 2.05) is 6.92 Å². The molecule has 1 unspecified atom stereocenters. The van der Waals surface area contributed by atoms with Crippen molar-refractivity contribution in [2.75, 3.05) is 0 Å². The van der Waals surface area contributed by atoms with Crippen LogP contribution in [0.4, 0.5) is 0 Å². The first-order chi connectivity index (χ1) is 8.59. The molecule has 18 heavy (non-hydrogen) atoms. The minimum absolute atomic E-state index is 0.221.